The zero-order chi connectivity index (χ0) is 17.1. The lowest BCUT2D eigenvalue weighted by molar-refractivity contribution is 0.282. The summed E-state index contributed by atoms with van der Waals surface area (Å²) in [6.07, 6.45) is 2.89. The monoisotopic (exact) mass is 324 g/mol. The molecule has 0 aliphatic rings. The van der Waals surface area contributed by atoms with Crippen molar-refractivity contribution < 1.29 is 5.11 Å². The molecule has 0 aliphatic carbocycles. The fourth-order valence-corrected chi connectivity index (χ4v) is 2.96. The number of hydrogen-bond donors (Lipinski definition) is 2. The van der Waals surface area contributed by atoms with Crippen molar-refractivity contribution in [3.05, 3.63) is 64.6 Å². The molecule has 24 heavy (non-hydrogen) atoms. The van der Waals surface area contributed by atoms with Crippen LogP contribution in [0.4, 0.5) is 0 Å². The highest BCUT2D eigenvalue weighted by Gasteiger charge is 2.12. The Labute approximate surface area is 142 Å². The molecule has 0 amide bonds. The Balaban J connectivity index is 1.64. The van der Waals surface area contributed by atoms with Crippen LogP contribution in [0.25, 0.3) is 5.65 Å². The van der Waals surface area contributed by atoms with Crippen molar-refractivity contribution in [1.82, 2.24) is 19.9 Å². The minimum atomic E-state index is 0.0945. The van der Waals surface area contributed by atoms with Gasteiger partial charge in [-0.1, -0.05) is 24.3 Å². The highest BCUT2D eigenvalue weighted by atomic mass is 16.3. The number of nitrogens with zero attached hydrogens (tertiary/aromatic N) is 3. The van der Waals surface area contributed by atoms with Gasteiger partial charge in [-0.2, -0.15) is 5.10 Å². The number of rotatable bonds is 6. The zero-order valence-corrected chi connectivity index (χ0v) is 14.5. The molecule has 5 nitrogen and oxygen atoms in total. The predicted octanol–water partition coefficient (Wildman–Crippen LogP) is 2.73. The third-order valence-electron chi connectivity index (χ3n) is 4.42. The fraction of sp³-hybridized carbons (Fsp3) is 0.368. The number of aliphatic hydroxyl groups is 1. The summed E-state index contributed by atoms with van der Waals surface area (Å²) in [7, 11) is 0. The lowest BCUT2D eigenvalue weighted by atomic mass is 10.1. The number of nitrogens with one attached hydrogen (secondary N) is 1. The Morgan fingerprint density at radius 1 is 1.17 bits per heavy atom. The third-order valence-corrected chi connectivity index (χ3v) is 4.42. The Hall–Kier alpha value is -2.24. The molecule has 1 unspecified atom stereocenters. The maximum absolute atomic E-state index is 9.08. The highest BCUT2D eigenvalue weighted by Crippen LogP contribution is 2.18. The van der Waals surface area contributed by atoms with E-state index >= 15 is 0 Å². The van der Waals surface area contributed by atoms with Crippen LogP contribution in [0, 0.1) is 13.8 Å². The molecule has 2 aromatic heterocycles. The second kappa shape index (κ2) is 7.11. The largest absolute Gasteiger partial charge is 0.392 e. The SMILES string of the molecule is Cc1cc2ncc(C(C)NCCc3ccc(CO)cc3)c(C)n2n1. The highest BCUT2D eigenvalue weighted by molar-refractivity contribution is 5.42. The van der Waals surface area contributed by atoms with Crippen molar-refractivity contribution in [2.24, 2.45) is 0 Å². The molecule has 0 saturated carbocycles. The van der Waals surface area contributed by atoms with Crippen LogP contribution in [0.2, 0.25) is 0 Å². The van der Waals surface area contributed by atoms with Crippen molar-refractivity contribution in [3.63, 3.8) is 0 Å². The second-order valence-corrected chi connectivity index (χ2v) is 6.26. The van der Waals surface area contributed by atoms with E-state index < -0.39 is 0 Å². The van der Waals surface area contributed by atoms with Gasteiger partial charge >= 0.3 is 0 Å². The summed E-state index contributed by atoms with van der Waals surface area (Å²) < 4.78 is 1.91. The van der Waals surface area contributed by atoms with Crippen LogP contribution < -0.4 is 5.32 Å². The zero-order valence-electron chi connectivity index (χ0n) is 14.5. The van der Waals surface area contributed by atoms with E-state index in [0.29, 0.717) is 0 Å². The number of hydrogen-bond acceptors (Lipinski definition) is 4. The lowest BCUT2D eigenvalue weighted by Crippen LogP contribution is -2.23. The number of aromatic nitrogens is 3. The molecule has 0 saturated heterocycles. The van der Waals surface area contributed by atoms with Crippen LogP contribution in [0.1, 0.15) is 41.0 Å². The van der Waals surface area contributed by atoms with Gasteiger partial charge in [0.15, 0.2) is 5.65 Å². The molecule has 0 radical (unpaired) electrons. The molecule has 0 fully saturated rings. The molecular weight excluding hydrogens is 300 g/mol. The van der Waals surface area contributed by atoms with Gasteiger partial charge in [0.25, 0.3) is 0 Å². The van der Waals surface area contributed by atoms with Gasteiger partial charge in [0.1, 0.15) is 0 Å². The number of benzene rings is 1. The molecule has 0 spiro atoms. The van der Waals surface area contributed by atoms with E-state index in [4.69, 9.17) is 5.11 Å². The van der Waals surface area contributed by atoms with Gasteiger partial charge in [0, 0.05) is 29.6 Å². The molecule has 3 aromatic rings. The summed E-state index contributed by atoms with van der Waals surface area (Å²) in [5.74, 6) is 0. The maximum Gasteiger partial charge on any atom is 0.155 e. The quantitative estimate of drug-likeness (QED) is 0.732. The summed E-state index contributed by atoms with van der Waals surface area (Å²) in [5, 5.41) is 17.1. The van der Waals surface area contributed by atoms with Gasteiger partial charge in [-0.25, -0.2) is 9.50 Å². The average Bonchev–Trinajstić information content (AvgIpc) is 2.97. The summed E-state index contributed by atoms with van der Waals surface area (Å²) in [6, 6.07) is 10.3. The Morgan fingerprint density at radius 2 is 1.88 bits per heavy atom. The van der Waals surface area contributed by atoms with Crippen LogP contribution in [-0.2, 0) is 13.0 Å². The molecule has 1 atom stereocenters. The average molecular weight is 324 g/mol. The van der Waals surface area contributed by atoms with Gasteiger partial charge in [-0.3, -0.25) is 0 Å². The second-order valence-electron chi connectivity index (χ2n) is 6.26. The van der Waals surface area contributed by atoms with Crippen molar-refractivity contribution in [3.8, 4) is 0 Å². The molecule has 2 N–H and O–H groups in total. The molecule has 3 rings (SSSR count). The first-order chi connectivity index (χ1) is 11.6. The van der Waals surface area contributed by atoms with Gasteiger partial charge in [-0.15, -0.1) is 0 Å². The smallest absolute Gasteiger partial charge is 0.155 e. The number of aliphatic hydroxyl groups excluding tert-OH is 1. The van der Waals surface area contributed by atoms with Gasteiger partial charge in [-0.05, 0) is 44.9 Å². The molecule has 5 heteroatoms. The van der Waals surface area contributed by atoms with Gasteiger partial charge in [0.05, 0.1) is 12.3 Å². The lowest BCUT2D eigenvalue weighted by Gasteiger charge is -2.16. The molecule has 1 aromatic carbocycles. The Bertz CT molecular complexity index is 823. The first-order valence-corrected chi connectivity index (χ1v) is 8.32. The summed E-state index contributed by atoms with van der Waals surface area (Å²) >= 11 is 0. The minimum Gasteiger partial charge on any atom is -0.392 e. The molecule has 0 aliphatic heterocycles. The standard InChI is InChI=1S/C19H24N4O/c1-13-10-19-21-11-18(15(3)23(19)22-13)14(2)20-9-8-16-4-6-17(12-24)7-5-16/h4-7,10-11,14,20,24H,8-9,12H2,1-3H3. The van der Waals surface area contributed by atoms with Crippen molar-refractivity contribution in [1.29, 1.82) is 0 Å². The first-order valence-electron chi connectivity index (χ1n) is 8.32. The number of fused-ring (bicyclic) bond motifs is 1. The van der Waals surface area contributed by atoms with E-state index in [9.17, 15) is 0 Å². The maximum atomic E-state index is 9.08. The van der Waals surface area contributed by atoms with Crippen LogP contribution in [0.5, 0.6) is 0 Å². The van der Waals surface area contributed by atoms with Crippen LogP contribution in [0.3, 0.4) is 0 Å². The molecule has 0 bridgehead atoms. The van der Waals surface area contributed by atoms with Gasteiger partial charge in [0.2, 0.25) is 0 Å². The molecule has 2 heterocycles. The van der Waals surface area contributed by atoms with E-state index in [1.54, 1.807) is 0 Å². The predicted molar refractivity (Wildman–Crippen MR) is 94.9 cm³/mol. The first kappa shape index (κ1) is 16.6. The Morgan fingerprint density at radius 3 is 2.58 bits per heavy atom. The van der Waals surface area contributed by atoms with E-state index in [0.717, 1.165) is 35.6 Å². The Kier molecular flexibility index (Phi) is 4.92. The normalized spacial score (nSPS) is 12.7. The number of aryl methyl sites for hydroxylation is 2. The van der Waals surface area contributed by atoms with E-state index in [2.05, 4.69) is 41.4 Å². The fourth-order valence-electron chi connectivity index (χ4n) is 2.96. The summed E-state index contributed by atoms with van der Waals surface area (Å²) in [6.45, 7) is 7.20. The van der Waals surface area contributed by atoms with Crippen LogP contribution in [0.15, 0.2) is 36.5 Å². The van der Waals surface area contributed by atoms with E-state index in [1.165, 1.54) is 11.1 Å². The molecule has 126 valence electrons. The van der Waals surface area contributed by atoms with Crippen LogP contribution >= 0.6 is 0 Å². The third kappa shape index (κ3) is 3.47. The summed E-state index contributed by atoms with van der Waals surface area (Å²) in [5.41, 5.74) is 6.38. The summed E-state index contributed by atoms with van der Waals surface area (Å²) in [4.78, 5) is 4.51. The van der Waals surface area contributed by atoms with Gasteiger partial charge < -0.3 is 10.4 Å². The van der Waals surface area contributed by atoms with Crippen molar-refractivity contribution >= 4 is 5.65 Å². The van der Waals surface area contributed by atoms with Crippen molar-refractivity contribution in [2.75, 3.05) is 6.54 Å². The van der Waals surface area contributed by atoms with Crippen molar-refractivity contribution in [2.45, 2.75) is 39.8 Å². The minimum absolute atomic E-state index is 0.0945. The topological polar surface area (TPSA) is 62.5 Å². The molecular formula is C19H24N4O. The van der Waals surface area contributed by atoms with E-state index in [-0.39, 0.29) is 12.6 Å². The van der Waals surface area contributed by atoms with E-state index in [1.807, 2.05) is 35.8 Å². The van der Waals surface area contributed by atoms with Crippen LogP contribution in [-0.4, -0.2) is 26.2 Å².